The topological polar surface area (TPSA) is 64.3 Å². The van der Waals surface area contributed by atoms with E-state index in [1.54, 1.807) is 13.1 Å². The molecule has 0 saturated heterocycles. The van der Waals surface area contributed by atoms with Gasteiger partial charge in [0.05, 0.1) is 12.8 Å². The van der Waals surface area contributed by atoms with Crippen molar-refractivity contribution in [3.8, 4) is 17.0 Å². The number of hydrogen-bond donors (Lipinski definition) is 1. The van der Waals surface area contributed by atoms with Crippen molar-refractivity contribution in [2.75, 3.05) is 7.11 Å². The van der Waals surface area contributed by atoms with Crippen LogP contribution in [0.2, 0.25) is 0 Å². The Morgan fingerprint density at radius 2 is 2.17 bits per heavy atom. The normalized spacial score (nSPS) is 10.4. The lowest BCUT2D eigenvalue weighted by Crippen LogP contribution is -1.99. The first-order valence-electron chi connectivity index (χ1n) is 5.14. The molecule has 1 heterocycles. The summed E-state index contributed by atoms with van der Waals surface area (Å²) in [6, 6.07) is 5.80. The lowest BCUT2D eigenvalue weighted by Gasteiger charge is -2.05. The van der Waals surface area contributed by atoms with E-state index in [4.69, 9.17) is 9.84 Å². The third-order valence-corrected chi connectivity index (χ3v) is 2.55. The van der Waals surface area contributed by atoms with E-state index in [0.29, 0.717) is 11.3 Å². The van der Waals surface area contributed by atoms with Crippen molar-refractivity contribution in [2.45, 2.75) is 0 Å². The Morgan fingerprint density at radius 3 is 2.67 bits per heavy atom. The summed E-state index contributed by atoms with van der Waals surface area (Å²) >= 11 is 0. The van der Waals surface area contributed by atoms with Gasteiger partial charge in [0.25, 0.3) is 0 Å². The first kappa shape index (κ1) is 12.1. The fraction of sp³-hybridized carbons (Fsp3) is 0.167. The number of carbonyl (C=O) groups is 1. The Labute approximate surface area is 102 Å². The maximum atomic E-state index is 13.6. The molecule has 0 atom stereocenters. The molecule has 0 radical (unpaired) electrons. The van der Waals surface area contributed by atoms with Gasteiger partial charge in [-0.15, -0.1) is 0 Å². The minimum atomic E-state index is -1.12. The van der Waals surface area contributed by atoms with Gasteiger partial charge in [0, 0.05) is 12.6 Å². The number of aromatic carboxylic acids is 1. The van der Waals surface area contributed by atoms with Crippen LogP contribution in [0.4, 0.5) is 4.39 Å². The number of aryl methyl sites for hydroxylation is 1. The molecule has 5 nitrogen and oxygen atoms in total. The van der Waals surface area contributed by atoms with Crippen LogP contribution in [0.5, 0.6) is 5.75 Å². The Morgan fingerprint density at radius 1 is 1.44 bits per heavy atom. The molecule has 94 valence electrons. The quantitative estimate of drug-likeness (QED) is 0.904. The highest BCUT2D eigenvalue weighted by atomic mass is 19.1. The molecule has 0 aliphatic rings. The molecule has 0 bridgehead atoms. The monoisotopic (exact) mass is 250 g/mol. The second kappa shape index (κ2) is 4.48. The van der Waals surface area contributed by atoms with Crippen molar-refractivity contribution in [2.24, 2.45) is 7.05 Å². The maximum Gasteiger partial charge on any atom is 0.356 e. The van der Waals surface area contributed by atoms with Crippen LogP contribution < -0.4 is 4.74 Å². The predicted octanol–water partition coefficient (Wildman–Crippen LogP) is 1.93. The Balaban J connectivity index is 2.48. The lowest BCUT2D eigenvalue weighted by atomic mass is 10.1. The van der Waals surface area contributed by atoms with E-state index in [2.05, 4.69) is 5.10 Å². The van der Waals surface area contributed by atoms with Gasteiger partial charge in [0.15, 0.2) is 17.3 Å². The third-order valence-electron chi connectivity index (χ3n) is 2.55. The molecule has 0 aliphatic heterocycles. The minimum Gasteiger partial charge on any atom is -0.494 e. The van der Waals surface area contributed by atoms with E-state index in [0.717, 1.165) is 0 Å². The highest BCUT2D eigenvalue weighted by Crippen LogP contribution is 2.25. The van der Waals surface area contributed by atoms with Crippen molar-refractivity contribution in [1.82, 2.24) is 9.78 Å². The van der Waals surface area contributed by atoms with Crippen LogP contribution in [-0.2, 0) is 7.05 Å². The van der Waals surface area contributed by atoms with Crippen molar-refractivity contribution >= 4 is 5.97 Å². The number of ether oxygens (including phenoxy) is 1. The van der Waals surface area contributed by atoms with Crippen LogP contribution in [0.25, 0.3) is 11.3 Å². The Kier molecular flexibility index (Phi) is 3.01. The Bertz CT molecular complexity index is 607. The fourth-order valence-electron chi connectivity index (χ4n) is 1.67. The first-order valence-corrected chi connectivity index (χ1v) is 5.14. The van der Waals surface area contributed by atoms with Crippen LogP contribution in [0, 0.1) is 5.82 Å². The van der Waals surface area contributed by atoms with Crippen LogP contribution in [-0.4, -0.2) is 28.0 Å². The van der Waals surface area contributed by atoms with Gasteiger partial charge in [-0.2, -0.15) is 5.10 Å². The molecule has 1 aromatic heterocycles. The van der Waals surface area contributed by atoms with Gasteiger partial charge in [0.1, 0.15) is 0 Å². The minimum absolute atomic E-state index is 0.0799. The summed E-state index contributed by atoms with van der Waals surface area (Å²) in [5.74, 6) is -1.49. The number of carboxylic acid groups (broad SMARTS) is 1. The number of methoxy groups -OCH3 is 1. The molecular weight excluding hydrogens is 239 g/mol. The zero-order valence-electron chi connectivity index (χ0n) is 9.85. The van der Waals surface area contributed by atoms with Gasteiger partial charge in [-0.3, -0.25) is 4.68 Å². The van der Waals surface area contributed by atoms with Crippen molar-refractivity contribution in [1.29, 1.82) is 0 Å². The molecule has 0 unspecified atom stereocenters. The second-order valence-corrected chi connectivity index (χ2v) is 3.69. The number of benzene rings is 1. The van der Waals surface area contributed by atoms with E-state index in [9.17, 15) is 9.18 Å². The lowest BCUT2D eigenvalue weighted by molar-refractivity contribution is 0.0689. The standard InChI is InChI=1S/C12H11FN2O3/c1-15-10(6-9(14-15)12(16)17)7-3-4-11(18-2)8(13)5-7/h3-6H,1-2H3,(H,16,17). The third kappa shape index (κ3) is 2.04. The molecule has 0 aliphatic carbocycles. The second-order valence-electron chi connectivity index (χ2n) is 3.69. The number of hydrogen-bond acceptors (Lipinski definition) is 3. The average molecular weight is 250 g/mol. The molecule has 6 heteroatoms. The predicted molar refractivity (Wildman–Crippen MR) is 62.1 cm³/mol. The van der Waals surface area contributed by atoms with Crippen molar-refractivity contribution in [3.05, 3.63) is 35.8 Å². The molecule has 18 heavy (non-hydrogen) atoms. The highest BCUT2D eigenvalue weighted by Gasteiger charge is 2.14. The Hall–Kier alpha value is -2.37. The number of halogens is 1. The SMILES string of the molecule is COc1ccc(-c2cc(C(=O)O)nn2C)cc1F. The summed E-state index contributed by atoms with van der Waals surface area (Å²) < 4.78 is 19.8. The molecule has 2 aromatic rings. The number of carboxylic acids is 1. The van der Waals surface area contributed by atoms with Crippen molar-refractivity contribution in [3.63, 3.8) is 0 Å². The molecule has 1 N–H and O–H groups in total. The summed E-state index contributed by atoms with van der Waals surface area (Å²) in [6.07, 6.45) is 0. The number of rotatable bonds is 3. The van der Waals surface area contributed by atoms with E-state index in [-0.39, 0.29) is 11.4 Å². The summed E-state index contributed by atoms with van der Waals surface area (Å²) in [6.45, 7) is 0. The van der Waals surface area contributed by atoms with Gasteiger partial charge < -0.3 is 9.84 Å². The molecule has 1 aromatic carbocycles. The molecular formula is C12H11FN2O3. The zero-order valence-corrected chi connectivity index (χ0v) is 9.85. The largest absolute Gasteiger partial charge is 0.494 e. The smallest absolute Gasteiger partial charge is 0.356 e. The van der Waals surface area contributed by atoms with Gasteiger partial charge in [-0.05, 0) is 24.3 Å². The fourth-order valence-corrected chi connectivity index (χ4v) is 1.67. The van der Waals surface area contributed by atoms with E-state index < -0.39 is 11.8 Å². The summed E-state index contributed by atoms with van der Waals surface area (Å²) in [4.78, 5) is 10.8. The summed E-state index contributed by atoms with van der Waals surface area (Å²) in [7, 11) is 2.98. The summed E-state index contributed by atoms with van der Waals surface area (Å²) in [5.41, 5.74) is 0.980. The molecule has 0 amide bonds. The van der Waals surface area contributed by atoms with Crippen LogP contribution >= 0.6 is 0 Å². The van der Waals surface area contributed by atoms with E-state index in [1.807, 2.05) is 0 Å². The van der Waals surface area contributed by atoms with E-state index in [1.165, 1.54) is 30.0 Å². The molecule has 0 saturated carbocycles. The number of nitrogens with zero attached hydrogens (tertiary/aromatic N) is 2. The van der Waals surface area contributed by atoms with Crippen LogP contribution in [0.1, 0.15) is 10.5 Å². The van der Waals surface area contributed by atoms with E-state index >= 15 is 0 Å². The van der Waals surface area contributed by atoms with Gasteiger partial charge in [-0.1, -0.05) is 0 Å². The number of aromatic nitrogens is 2. The molecule has 0 spiro atoms. The summed E-state index contributed by atoms with van der Waals surface area (Å²) in [5, 5.41) is 12.7. The van der Waals surface area contributed by atoms with Gasteiger partial charge >= 0.3 is 5.97 Å². The average Bonchev–Trinajstić information content (AvgIpc) is 2.71. The molecule has 0 fully saturated rings. The van der Waals surface area contributed by atoms with Crippen LogP contribution in [0.3, 0.4) is 0 Å². The van der Waals surface area contributed by atoms with Crippen LogP contribution in [0.15, 0.2) is 24.3 Å². The van der Waals surface area contributed by atoms with Gasteiger partial charge in [0.2, 0.25) is 0 Å². The van der Waals surface area contributed by atoms with Gasteiger partial charge in [-0.25, -0.2) is 9.18 Å². The highest BCUT2D eigenvalue weighted by molar-refractivity contribution is 5.87. The first-order chi connectivity index (χ1) is 8.52. The molecule has 2 rings (SSSR count). The zero-order chi connectivity index (χ0) is 13.3. The van der Waals surface area contributed by atoms with Crippen molar-refractivity contribution < 1.29 is 19.0 Å². The maximum absolute atomic E-state index is 13.6.